The lowest BCUT2D eigenvalue weighted by Crippen LogP contribution is -2.31. The van der Waals surface area contributed by atoms with Crippen molar-refractivity contribution in [2.45, 2.75) is 39.2 Å². The van der Waals surface area contributed by atoms with E-state index < -0.39 is 0 Å². The van der Waals surface area contributed by atoms with Gasteiger partial charge >= 0.3 is 0 Å². The summed E-state index contributed by atoms with van der Waals surface area (Å²) in [5, 5.41) is 5.91. The fourth-order valence-corrected chi connectivity index (χ4v) is 5.77. The molecular weight excluding hydrogens is 511 g/mol. The normalized spacial score (nSPS) is 19.2. The Morgan fingerprint density at radius 1 is 1.10 bits per heavy atom. The molecule has 3 atom stereocenters. The number of benzene rings is 3. The molecule has 0 aliphatic carbocycles. The number of carbonyl (C=O) groups excluding carboxylic acids is 1. The summed E-state index contributed by atoms with van der Waals surface area (Å²) >= 11 is 1.60. The van der Waals surface area contributed by atoms with E-state index in [2.05, 4.69) is 24.1 Å². The van der Waals surface area contributed by atoms with Crippen molar-refractivity contribution in [2.75, 3.05) is 18.5 Å². The summed E-state index contributed by atoms with van der Waals surface area (Å²) in [6.07, 6.45) is 0.961. The second-order valence-electron chi connectivity index (χ2n) is 10.4. The maximum absolute atomic E-state index is 13.4. The van der Waals surface area contributed by atoms with Gasteiger partial charge in [0.05, 0.1) is 23.4 Å². The highest BCUT2D eigenvalue weighted by Gasteiger charge is 2.35. The predicted octanol–water partition coefficient (Wildman–Crippen LogP) is 7.79. The Bertz CT molecular complexity index is 1400. The molecule has 1 aliphatic heterocycles. The molecule has 3 aromatic carbocycles. The van der Waals surface area contributed by atoms with Gasteiger partial charge in [-0.3, -0.25) is 4.79 Å². The maximum atomic E-state index is 13.4. The van der Waals surface area contributed by atoms with Crippen LogP contribution in [0.25, 0.3) is 11.3 Å². The molecule has 1 N–H and O–H groups in total. The fraction of sp³-hybridized carbons (Fsp3) is 0.312. The highest BCUT2D eigenvalue weighted by atomic mass is 32.1. The van der Waals surface area contributed by atoms with Crippen molar-refractivity contribution >= 4 is 22.9 Å². The van der Waals surface area contributed by atoms with Crippen molar-refractivity contribution in [3.8, 4) is 17.0 Å². The zero-order valence-corrected chi connectivity index (χ0v) is 23.2. The first-order valence-electron chi connectivity index (χ1n) is 13.3. The molecule has 5 rings (SSSR count). The number of nitrogens with one attached hydrogen (secondary N) is 1. The molecule has 7 heteroatoms. The summed E-state index contributed by atoms with van der Waals surface area (Å²) in [6.45, 7) is 6.92. The predicted molar refractivity (Wildman–Crippen MR) is 154 cm³/mol. The molecule has 39 heavy (non-hydrogen) atoms. The minimum atomic E-state index is -0.229. The third kappa shape index (κ3) is 6.72. The van der Waals surface area contributed by atoms with Gasteiger partial charge in [0.2, 0.25) is 0 Å². The van der Waals surface area contributed by atoms with Crippen LogP contribution in [0.3, 0.4) is 0 Å². The number of aryl methyl sites for hydroxylation is 1. The first-order valence-corrected chi connectivity index (χ1v) is 14.2. The van der Waals surface area contributed by atoms with E-state index in [9.17, 15) is 9.18 Å². The number of hydrogen-bond donors (Lipinski definition) is 1. The molecule has 0 unspecified atom stereocenters. The fourth-order valence-electron chi connectivity index (χ4n) is 5.15. The Labute approximate surface area is 233 Å². The van der Waals surface area contributed by atoms with Gasteiger partial charge in [0.15, 0.2) is 6.61 Å². The molecule has 1 saturated heterocycles. The van der Waals surface area contributed by atoms with E-state index in [4.69, 9.17) is 9.47 Å². The summed E-state index contributed by atoms with van der Waals surface area (Å²) in [4.78, 5) is 17.1. The number of carbonyl (C=O) groups is 1. The molecular formula is C32H33FN2O3S. The average molecular weight is 545 g/mol. The highest BCUT2D eigenvalue weighted by Crippen LogP contribution is 2.43. The van der Waals surface area contributed by atoms with Gasteiger partial charge in [0.25, 0.3) is 5.91 Å². The van der Waals surface area contributed by atoms with E-state index >= 15 is 0 Å². The SMILES string of the molecule is Cc1nc(-c2cccc(NC(=O)COc3ccc([C@@H]4OC[C@@H](c5ccc(F)cc5)C[C@H]4C(C)C)cc3)c2)cs1. The number of nitrogens with zero attached hydrogens (tertiary/aromatic N) is 1. The minimum absolute atomic E-state index is 0.0205. The van der Waals surface area contributed by atoms with Crippen molar-refractivity contribution in [2.24, 2.45) is 11.8 Å². The molecule has 2 heterocycles. The van der Waals surface area contributed by atoms with Crippen LogP contribution in [0.4, 0.5) is 10.1 Å². The first-order chi connectivity index (χ1) is 18.9. The van der Waals surface area contributed by atoms with E-state index in [0.29, 0.717) is 29.9 Å². The van der Waals surface area contributed by atoms with Gasteiger partial charge in [0, 0.05) is 22.5 Å². The number of ether oxygens (including phenoxy) is 2. The molecule has 5 nitrogen and oxygen atoms in total. The van der Waals surface area contributed by atoms with Crippen LogP contribution in [0.5, 0.6) is 5.75 Å². The molecule has 1 fully saturated rings. The molecule has 0 bridgehead atoms. The Hall–Kier alpha value is -3.55. The van der Waals surface area contributed by atoms with E-state index in [1.54, 1.807) is 11.3 Å². The van der Waals surface area contributed by atoms with Crippen LogP contribution in [0.1, 0.15) is 48.4 Å². The number of amides is 1. The summed E-state index contributed by atoms with van der Waals surface area (Å²) in [5.74, 6) is 1.19. The smallest absolute Gasteiger partial charge is 0.262 e. The number of aromatic nitrogens is 1. The van der Waals surface area contributed by atoms with Crippen LogP contribution >= 0.6 is 11.3 Å². The van der Waals surface area contributed by atoms with E-state index in [1.165, 1.54) is 12.1 Å². The van der Waals surface area contributed by atoms with Crippen molar-refractivity contribution in [3.63, 3.8) is 0 Å². The average Bonchev–Trinajstić information content (AvgIpc) is 3.39. The van der Waals surface area contributed by atoms with Crippen molar-refractivity contribution in [3.05, 3.63) is 100 Å². The number of halogens is 1. The second kappa shape index (κ2) is 12.1. The van der Waals surface area contributed by atoms with Gasteiger partial charge in [-0.25, -0.2) is 9.37 Å². The molecule has 1 amide bonds. The lowest BCUT2D eigenvalue weighted by molar-refractivity contribution is -0.118. The Morgan fingerprint density at radius 3 is 2.54 bits per heavy atom. The van der Waals surface area contributed by atoms with Gasteiger partial charge in [-0.2, -0.15) is 0 Å². The van der Waals surface area contributed by atoms with Crippen LogP contribution in [0.2, 0.25) is 0 Å². The Morgan fingerprint density at radius 2 is 1.85 bits per heavy atom. The summed E-state index contributed by atoms with van der Waals surface area (Å²) < 4.78 is 25.5. The Balaban J connectivity index is 1.17. The summed E-state index contributed by atoms with van der Waals surface area (Å²) in [7, 11) is 0. The molecule has 202 valence electrons. The zero-order chi connectivity index (χ0) is 27.4. The van der Waals surface area contributed by atoms with Crippen LogP contribution < -0.4 is 10.1 Å². The van der Waals surface area contributed by atoms with E-state index in [0.717, 1.165) is 33.8 Å². The highest BCUT2D eigenvalue weighted by molar-refractivity contribution is 7.09. The van der Waals surface area contributed by atoms with Crippen molar-refractivity contribution in [1.82, 2.24) is 4.98 Å². The van der Waals surface area contributed by atoms with E-state index in [1.807, 2.05) is 73.0 Å². The van der Waals surface area contributed by atoms with Crippen LogP contribution in [-0.4, -0.2) is 24.1 Å². The summed E-state index contributed by atoms with van der Waals surface area (Å²) in [5.41, 5.74) is 4.78. The van der Waals surface area contributed by atoms with Gasteiger partial charge in [-0.15, -0.1) is 11.3 Å². The number of rotatable bonds is 8. The van der Waals surface area contributed by atoms with E-state index in [-0.39, 0.29) is 30.4 Å². The maximum Gasteiger partial charge on any atom is 0.262 e. The monoisotopic (exact) mass is 544 g/mol. The van der Waals surface area contributed by atoms with Crippen LogP contribution in [0, 0.1) is 24.6 Å². The quantitative estimate of drug-likeness (QED) is 0.246. The zero-order valence-electron chi connectivity index (χ0n) is 22.4. The van der Waals surface area contributed by atoms with Crippen molar-refractivity contribution < 1.29 is 18.7 Å². The lowest BCUT2D eigenvalue weighted by Gasteiger charge is -2.39. The topological polar surface area (TPSA) is 60.5 Å². The van der Waals surface area contributed by atoms with Gasteiger partial charge in [0.1, 0.15) is 11.6 Å². The molecule has 0 saturated carbocycles. The minimum Gasteiger partial charge on any atom is -0.484 e. The van der Waals surface area contributed by atoms with Crippen LogP contribution in [0.15, 0.2) is 78.2 Å². The van der Waals surface area contributed by atoms with Gasteiger partial charge in [-0.1, -0.05) is 50.2 Å². The standard InChI is InChI=1S/C32H33FN2O3S/c1-20(2)29-16-25(22-7-11-26(33)12-8-22)17-38-32(29)23-9-13-28(14-10-23)37-18-31(36)35-27-6-4-5-24(15-27)30-19-39-21(3)34-30/h4-15,19-20,25,29,32H,16-18H2,1-3H3,(H,35,36)/t25-,29-,32-/m0/s1. The molecule has 1 aromatic heterocycles. The van der Waals surface area contributed by atoms with Gasteiger partial charge in [-0.05, 0) is 72.7 Å². The lowest BCUT2D eigenvalue weighted by atomic mass is 9.76. The molecule has 0 radical (unpaired) electrons. The molecule has 0 spiro atoms. The largest absolute Gasteiger partial charge is 0.484 e. The molecule has 4 aromatic rings. The van der Waals surface area contributed by atoms with Crippen molar-refractivity contribution in [1.29, 1.82) is 0 Å². The number of hydrogen-bond acceptors (Lipinski definition) is 5. The third-order valence-electron chi connectivity index (χ3n) is 7.26. The summed E-state index contributed by atoms with van der Waals surface area (Å²) in [6, 6.07) is 22.2. The number of thiazole rings is 1. The first kappa shape index (κ1) is 27.0. The second-order valence-corrected chi connectivity index (χ2v) is 11.4. The van der Waals surface area contributed by atoms with Gasteiger partial charge < -0.3 is 14.8 Å². The third-order valence-corrected chi connectivity index (χ3v) is 8.03. The van der Waals surface area contributed by atoms with Crippen LogP contribution in [-0.2, 0) is 9.53 Å². The Kier molecular flexibility index (Phi) is 8.38. The molecule has 1 aliphatic rings. The number of anilines is 1.